The van der Waals surface area contributed by atoms with Gasteiger partial charge in [-0.1, -0.05) is 62.7 Å². The third-order valence-electron chi connectivity index (χ3n) is 5.86. The molecule has 150 valence electrons. The Hall–Kier alpha value is -2.13. The fraction of sp³-hybridized carbons (Fsp3) is 0.480. The molecule has 0 spiro atoms. The SMILES string of the molecule is CCC(=O)N(c1ccc(C)cc1)C1CCN(Cc2ccc(C(C)C)cc2)CC1. The molecule has 3 nitrogen and oxygen atoms in total. The minimum atomic E-state index is 0.228. The Kier molecular flexibility index (Phi) is 6.90. The van der Waals surface area contributed by atoms with Gasteiger partial charge in [0.15, 0.2) is 0 Å². The van der Waals surface area contributed by atoms with Crippen molar-refractivity contribution in [1.82, 2.24) is 4.90 Å². The molecule has 1 amide bonds. The smallest absolute Gasteiger partial charge is 0.226 e. The van der Waals surface area contributed by atoms with Gasteiger partial charge in [-0.2, -0.15) is 0 Å². The lowest BCUT2D eigenvalue weighted by Crippen LogP contribution is -2.47. The lowest BCUT2D eigenvalue weighted by atomic mass is 9.99. The second-order valence-corrected chi connectivity index (χ2v) is 8.36. The molecule has 3 heteroatoms. The van der Waals surface area contributed by atoms with Crippen LogP contribution < -0.4 is 4.90 Å². The van der Waals surface area contributed by atoms with Gasteiger partial charge in [-0.05, 0) is 48.9 Å². The Labute approximate surface area is 170 Å². The predicted octanol–water partition coefficient (Wildman–Crippen LogP) is 5.53. The number of hydrogen-bond acceptors (Lipinski definition) is 2. The third kappa shape index (κ3) is 5.02. The van der Waals surface area contributed by atoms with Gasteiger partial charge in [0.2, 0.25) is 5.91 Å². The summed E-state index contributed by atoms with van der Waals surface area (Å²) in [7, 11) is 0. The van der Waals surface area contributed by atoms with Crippen molar-refractivity contribution in [3.63, 3.8) is 0 Å². The molecule has 1 aliphatic heterocycles. The van der Waals surface area contributed by atoms with Crippen LogP contribution in [0.3, 0.4) is 0 Å². The van der Waals surface area contributed by atoms with Crippen molar-refractivity contribution in [2.24, 2.45) is 0 Å². The van der Waals surface area contributed by atoms with Gasteiger partial charge < -0.3 is 4.90 Å². The number of amides is 1. The van der Waals surface area contributed by atoms with Crippen molar-refractivity contribution in [3.05, 3.63) is 65.2 Å². The van der Waals surface area contributed by atoms with E-state index in [1.807, 2.05) is 11.8 Å². The van der Waals surface area contributed by atoms with E-state index in [1.165, 1.54) is 16.7 Å². The van der Waals surface area contributed by atoms with Crippen LogP contribution >= 0.6 is 0 Å². The van der Waals surface area contributed by atoms with Crippen LogP contribution in [-0.4, -0.2) is 29.9 Å². The number of hydrogen-bond donors (Lipinski definition) is 0. The monoisotopic (exact) mass is 378 g/mol. The van der Waals surface area contributed by atoms with Crippen LogP contribution in [0.5, 0.6) is 0 Å². The maximum Gasteiger partial charge on any atom is 0.226 e. The van der Waals surface area contributed by atoms with E-state index >= 15 is 0 Å². The molecule has 0 bridgehead atoms. The van der Waals surface area contributed by atoms with Gasteiger partial charge in [-0.25, -0.2) is 0 Å². The van der Waals surface area contributed by atoms with E-state index in [0.717, 1.165) is 38.2 Å². The van der Waals surface area contributed by atoms with Gasteiger partial charge in [0.25, 0.3) is 0 Å². The summed E-state index contributed by atoms with van der Waals surface area (Å²) in [6.07, 6.45) is 2.61. The molecule has 0 radical (unpaired) electrons. The quantitative estimate of drug-likeness (QED) is 0.660. The second kappa shape index (κ2) is 9.38. The van der Waals surface area contributed by atoms with Gasteiger partial charge in [-0.15, -0.1) is 0 Å². The molecule has 0 atom stereocenters. The maximum absolute atomic E-state index is 12.7. The van der Waals surface area contributed by atoms with Gasteiger partial charge >= 0.3 is 0 Å². The van der Waals surface area contributed by atoms with Gasteiger partial charge in [0.1, 0.15) is 0 Å². The summed E-state index contributed by atoms with van der Waals surface area (Å²) in [5.74, 6) is 0.806. The van der Waals surface area contributed by atoms with E-state index in [1.54, 1.807) is 0 Å². The van der Waals surface area contributed by atoms with Crippen molar-refractivity contribution >= 4 is 11.6 Å². The van der Waals surface area contributed by atoms with Crippen LogP contribution in [0.1, 0.15) is 62.6 Å². The predicted molar refractivity (Wildman–Crippen MR) is 118 cm³/mol. The number of aryl methyl sites for hydroxylation is 1. The van der Waals surface area contributed by atoms with Crippen molar-refractivity contribution in [1.29, 1.82) is 0 Å². The Morgan fingerprint density at radius 3 is 2.18 bits per heavy atom. The summed E-state index contributed by atoms with van der Waals surface area (Å²) in [5.41, 5.74) is 5.04. The number of anilines is 1. The van der Waals surface area contributed by atoms with E-state index in [9.17, 15) is 4.79 Å². The average Bonchev–Trinajstić information content (AvgIpc) is 2.71. The average molecular weight is 379 g/mol. The summed E-state index contributed by atoms with van der Waals surface area (Å²) in [6, 6.07) is 17.7. The van der Waals surface area contributed by atoms with Crippen LogP contribution in [0.2, 0.25) is 0 Å². The summed E-state index contributed by atoms with van der Waals surface area (Å²) < 4.78 is 0. The number of rotatable bonds is 6. The molecule has 1 fully saturated rings. The van der Waals surface area contributed by atoms with E-state index in [0.29, 0.717) is 18.4 Å². The maximum atomic E-state index is 12.7. The van der Waals surface area contributed by atoms with Crippen LogP contribution in [-0.2, 0) is 11.3 Å². The van der Waals surface area contributed by atoms with Crippen LogP contribution in [0.15, 0.2) is 48.5 Å². The molecule has 1 heterocycles. The number of piperidine rings is 1. The topological polar surface area (TPSA) is 23.6 Å². The first kappa shape index (κ1) is 20.6. The Bertz CT molecular complexity index is 756. The highest BCUT2D eigenvalue weighted by molar-refractivity contribution is 5.93. The van der Waals surface area contributed by atoms with E-state index in [4.69, 9.17) is 0 Å². The number of nitrogens with zero attached hydrogens (tertiary/aromatic N) is 2. The molecule has 0 unspecified atom stereocenters. The summed E-state index contributed by atoms with van der Waals surface area (Å²) in [4.78, 5) is 17.2. The normalized spacial score (nSPS) is 15.8. The molecule has 2 aromatic carbocycles. The molecule has 0 saturated carbocycles. The Morgan fingerprint density at radius 1 is 1.04 bits per heavy atom. The van der Waals surface area contributed by atoms with E-state index in [2.05, 4.69) is 74.2 Å². The molecule has 1 aliphatic rings. The second-order valence-electron chi connectivity index (χ2n) is 8.36. The molecule has 0 aliphatic carbocycles. The number of carbonyl (C=O) groups is 1. The standard InChI is InChI=1S/C25H34N2O/c1-5-25(28)27(23-12-6-20(4)7-13-23)24-14-16-26(17-15-24)18-21-8-10-22(11-9-21)19(2)3/h6-13,19,24H,5,14-18H2,1-4H3. The summed E-state index contributed by atoms with van der Waals surface area (Å²) in [5, 5.41) is 0. The molecule has 0 N–H and O–H groups in total. The molecule has 28 heavy (non-hydrogen) atoms. The van der Waals surface area contributed by atoms with Crippen molar-refractivity contribution in [2.75, 3.05) is 18.0 Å². The first-order valence-corrected chi connectivity index (χ1v) is 10.7. The lowest BCUT2D eigenvalue weighted by Gasteiger charge is -2.38. The Morgan fingerprint density at radius 2 is 1.64 bits per heavy atom. The molecular weight excluding hydrogens is 344 g/mol. The number of likely N-dealkylation sites (tertiary alicyclic amines) is 1. The van der Waals surface area contributed by atoms with E-state index in [-0.39, 0.29) is 5.91 Å². The minimum Gasteiger partial charge on any atom is -0.309 e. The lowest BCUT2D eigenvalue weighted by molar-refractivity contribution is -0.119. The van der Waals surface area contributed by atoms with Gasteiger partial charge in [-0.3, -0.25) is 9.69 Å². The van der Waals surface area contributed by atoms with Crippen molar-refractivity contribution in [3.8, 4) is 0 Å². The zero-order chi connectivity index (χ0) is 20.1. The van der Waals surface area contributed by atoms with Gasteiger partial charge in [0, 0.05) is 37.8 Å². The zero-order valence-electron chi connectivity index (χ0n) is 17.8. The number of benzene rings is 2. The van der Waals surface area contributed by atoms with Gasteiger partial charge in [0.05, 0.1) is 0 Å². The highest BCUT2D eigenvalue weighted by atomic mass is 16.2. The minimum absolute atomic E-state index is 0.228. The first-order chi connectivity index (χ1) is 13.5. The van der Waals surface area contributed by atoms with Crippen LogP contribution in [0.25, 0.3) is 0 Å². The Balaban J connectivity index is 1.62. The fourth-order valence-electron chi connectivity index (χ4n) is 4.04. The molecule has 3 rings (SSSR count). The van der Waals surface area contributed by atoms with Crippen molar-refractivity contribution in [2.45, 2.75) is 65.5 Å². The van der Waals surface area contributed by atoms with Crippen molar-refractivity contribution < 1.29 is 4.79 Å². The van der Waals surface area contributed by atoms with Crippen LogP contribution in [0.4, 0.5) is 5.69 Å². The summed E-state index contributed by atoms with van der Waals surface area (Å²) in [6.45, 7) is 11.6. The summed E-state index contributed by atoms with van der Waals surface area (Å²) >= 11 is 0. The third-order valence-corrected chi connectivity index (χ3v) is 5.86. The highest BCUT2D eigenvalue weighted by Crippen LogP contribution is 2.26. The fourth-order valence-corrected chi connectivity index (χ4v) is 4.04. The molecule has 0 aromatic heterocycles. The molecular formula is C25H34N2O. The highest BCUT2D eigenvalue weighted by Gasteiger charge is 2.28. The largest absolute Gasteiger partial charge is 0.309 e. The molecule has 1 saturated heterocycles. The first-order valence-electron chi connectivity index (χ1n) is 10.7. The van der Waals surface area contributed by atoms with E-state index < -0.39 is 0 Å². The number of carbonyl (C=O) groups excluding carboxylic acids is 1. The van der Waals surface area contributed by atoms with Crippen LogP contribution in [0, 0.1) is 6.92 Å². The molecule has 2 aromatic rings. The zero-order valence-corrected chi connectivity index (χ0v) is 17.8.